The van der Waals surface area contributed by atoms with Gasteiger partial charge in [-0.15, -0.1) is 0 Å². The fourth-order valence-corrected chi connectivity index (χ4v) is 3.54. The molecule has 2 rings (SSSR count). The highest BCUT2D eigenvalue weighted by atomic mass is 19.4. The van der Waals surface area contributed by atoms with E-state index < -0.39 is 30.1 Å². The second kappa shape index (κ2) is 4.04. The minimum atomic E-state index is -5.23. The van der Waals surface area contributed by atoms with Gasteiger partial charge in [0.25, 0.3) is 0 Å². The van der Waals surface area contributed by atoms with E-state index in [0.29, 0.717) is 19.3 Å². The maximum absolute atomic E-state index is 12.8. The Hall–Kier alpha value is -0.420. The normalized spacial score (nSPS) is 33.2. The van der Waals surface area contributed by atoms with Crippen LogP contribution in [0.2, 0.25) is 0 Å². The van der Waals surface area contributed by atoms with Crippen LogP contribution in [-0.2, 0) is 0 Å². The van der Waals surface area contributed by atoms with Gasteiger partial charge in [-0.05, 0) is 50.4 Å². The number of halogens is 6. The third-order valence-electron chi connectivity index (χ3n) is 4.81. The molecule has 0 heterocycles. The Kier molecular flexibility index (Phi) is 3.14. The van der Waals surface area contributed by atoms with Crippen LogP contribution in [0.5, 0.6) is 0 Å². The third-order valence-corrected chi connectivity index (χ3v) is 4.81. The molecule has 2 aliphatic carbocycles. The summed E-state index contributed by atoms with van der Waals surface area (Å²) in [5, 5.41) is 0. The molecule has 0 nitrogen and oxygen atoms in total. The molecule has 0 aromatic heterocycles. The number of rotatable bonds is 2. The Morgan fingerprint density at radius 1 is 0.889 bits per heavy atom. The fraction of sp³-hybridized carbons (Fsp3) is 1.00. The Morgan fingerprint density at radius 2 is 1.44 bits per heavy atom. The lowest BCUT2D eigenvalue weighted by Gasteiger charge is -2.37. The van der Waals surface area contributed by atoms with Crippen molar-refractivity contribution < 1.29 is 26.3 Å². The standard InChI is InChI=1S/C12H16F6/c1-10(11(13,14)15,12(16,17)18)6-9-5-7-2-3-8(9)4-7/h7-9H,2-6H2,1H3. The Labute approximate surface area is 102 Å². The second-order valence-corrected chi connectivity index (χ2v) is 5.97. The van der Waals surface area contributed by atoms with E-state index in [1.807, 2.05) is 0 Å². The minimum absolute atomic E-state index is 0.0685. The summed E-state index contributed by atoms with van der Waals surface area (Å²) in [6.07, 6.45) is -8.15. The van der Waals surface area contributed by atoms with Crippen molar-refractivity contribution in [2.45, 2.75) is 51.4 Å². The highest BCUT2D eigenvalue weighted by Crippen LogP contribution is 2.59. The van der Waals surface area contributed by atoms with Gasteiger partial charge >= 0.3 is 12.4 Å². The van der Waals surface area contributed by atoms with Crippen LogP contribution in [-0.4, -0.2) is 12.4 Å². The number of fused-ring (bicyclic) bond motifs is 2. The first kappa shape index (κ1) is 14.0. The van der Waals surface area contributed by atoms with Crippen LogP contribution in [0, 0.1) is 23.2 Å². The van der Waals surface area contributed by atoms with Gasteiger partial charge in [-0.1, -0.05) is 6.42 Å². The molecular weight excluding hydrogens is 258 g/mol. The van der Waals surface area contributed by atoms with Crippen molar-refractivity contribution in [3.05, 3.63) is 0 Å². The molecule has 18 heavy (non-hydrogen) atoms. The molecule has 0 aromatic rings. The van der Waals surface area contributed by atoms with E-state index in [9.17, 15) is 26.3 Å². The Balaban J connectivity index is 2.17. The highest BCUT2D eigenvalue weighted by molar-refractivity contribution is 4.97. The average molecular weight is 274 g/mol. The smallest absolute Gasteiger partial charge is 0.170 e. The van der Waals surface area contributed by atoms with Gasteiger partial charge in [0.15, 0.2) is 5.41 Å². The summed E-state index contributed by atoms with van der Waals surface area (Å²) >= 11 is 0. The first-order valence-corrected chi connectivity index (χ1v) is 6.18. The van der Waals surface area contributed by atoms with Crippen LogP contribution in [0.25, 0.3) is 0 Å². The molecule has 0 spiro atoms. The fourth-order valence-electron chi connectivity index (χ4n) is 3.54. The van der Waals surface area contributed by atoms with Crippen molar-refractivity contribution >= 4 is 0 Å². The SMILES string of the molecule is CC(CC1CC2CCC1C2)(C(F)(F)F)C(F)(F)F. The van der Waals surface area contributed by atoms with Crippen LogP contribution >= 0.6 is 0 Å². The van der Waals surface area contributed by atoms with Crippen molar-refractivity contribution in [2.24, 2.45) is 23.2 Å². The zero-order valence-corrected chi connectivity index (χ0v) is 10.0. The van der Waals surface area contributed by atoms with Crippen molar-refractivity contribution in [3.63, 3.8) is 0 Å². The lowest BCUT2D eigenvalue weighted by atomic mass is 9.74. The molecular formula is C12H16F6. The van der Waals surface area contributed by atoms with Crippen molar-refractivity contribution in [2.75, 3.05) is 0 Å². The first-order chi connectivity index (χ1) is 8.04. The molecule has 0 saturated heterocycles. The molecule has 0 amide bonds. The van der Waals surface area contributed by atoms with Crippen LogP contribution < -0.4 is 0 Å². The summed E-state index contributed by atoms with van der Waals surface area (Å²) in [6.45, 7) is 0.305. The van der Waals surface area contributed by atoms with Gasteiger partial charge in [0.1, 0.15) is 0 Å². The summed E-state index contributed by atoms with van der Waals surface area (Å²) in [7, 11) is 0. The van der Waals surface area contributed by atoms with E-state index in [0.717, 1.165) is 19.3 Å². The van der Waals surface area contributed by atoms with Crippen LogP contribution in [0.15, 0.2) is 0 Å². The molecule has 0 N–H and O–H groups in total. The van der Waals surface area contributed by atoms with Gasteiger partial charge in [0, 0.05) is 0 Å². The molecule has 2 saturated carbocycles. The summed E-state index contributed by atoms with van der Waals surface area (Å²) < 4.78 is 76.7. The zero-order valence-electron chi connectivity index (χ0n) is 10.0. The molecule has 106 valence electrons. The Morgan fingerprint density at radius 3 is 1.78 bits per heavy atom. The topological polar surface area (TPSA) is 0 Å². The summed E-state index contributed by atoms with van der Waals surface area (Å²) in [4.78, 5) is 0. The molecule has 0 radical (unpaired) electrons. The van der Waals surface area contributed by atoms with Gasteiger partial charge in [0.2, 0.25) is 0 Å². The molecule has 2 fully saturated rings. The molecule has 3 unspecified atom stereocenters. The van der Waals surface area contributed by atoms with E-state index >= 15 is 0 Å². The number of hydrogen-bond acceptors (Lipinski definition) is 0. The third kappa shape index (κ3) is 2.11. The average Bonchev–Trinajstić information content (AvgIpc) is 2.75. The van der Waals surface area contributed by atoms with Gasteiger partial charge < -0.3 is 0 Å². The summed E-state index contributed by atoms with van der Waals surface area (Å²) in [5.41, 5.74) is -3.56. The largest absolute Gasteiger partial charge is 0.402 e. The van der Waals surface area contributed by atoms with Gasteiger partial charge in [0.05, 0.1) is 0 Å². The minimum Gasteiger partial charge on any atom is -0.170 e. The second-order valence-electron chi connectivity index (χ2n) is 5.97. The van der Waals surface area contributed by atoms with Crippen molar-refractivity contribution in [1.82, 2.24) is 0 Å². The lowest BCUT2D eigenvalue weighted by Crippen LogP contribution is -2.49. The quantitative estimate of drug-likeness (QED) is 0.625. The van der Waals surface area contributed by atoms with E-state index in [2.05, 4.69) is 0 Å². The van der Waals surface area contributed by atoms with Gasteiger partial charge in [-0.2, -0.15) is 26.3 Å². The van der Waals surface area contributed by atoms with Crippen LogP contribution in [0.4, 0.5) is 26.3 Å². The molecule has 6 heteroatoms. The maximum Gasteiger partial charge on any atom is 0.402 e. The summed E-state index contributed by atoms with van der Waals surface area (Å²) in [5.74, 6) is 0.00161. The number of alkyl halides is 6. The van der Waals surface area contributed by atoms with Crippen molar-refractivity contribution in [1.29, 1.82) is 0 Å². The first-order valence-electron chi connectivity index (χ1n) is 6.18. The predicted octanol–water partition coefficient (Wildman–Crippen LogP) is 4.94. The summed E-state index contributed by atoms with van der Waals surface area (Å²) in [6, 6.07) is 0. The zero-order chi connectivity index (χ0) is 13.8. The van der Waals surface area contributed by atoms with E-state index in [-0.39, 0.29) is 5.92 Å². The van der Waals surface area contributed by atoms with Gasteiger partial charge in [-0.3, -0.25) is 0 Å². The molecule has 0 aliphatic heterocycles. The van der Waals surface area contributed by atoms with Gasteiger partial charge in [-0.25, -0.2) is 0 Å². The van der Waals surface area contributed by atoms with Crippen LogP contribution in [0.1, 0.15) is 39.0 Å². The number of hydrogen-bond donors (Lipinski definition) is 0. The van der Waals surface area contributed by atoms with Crippen LogP contribution in [0.3, 0.4) is 0 Å². The van der Waals surface area contributed by atoms with E-state index in [1.54, 1.807) is 0 Å². The predicted molar refractivity (Wildman–Crippen MR) is 53.8 cm³/mol. The highest BCUT2D eigenvalue weighted by Gasteiger charge is 2.68. The molecule has 2 aliphatic rings. The molecule has 3 atom stereocenters. The lowest BCUT2D eigenvalue weighted by molar-refractivity contribution is -0.340. The van der Waals surface area contributed by atoms with E-state index in [4.69, 9.17) is 0 Å². The van der Waals surface area contributed by atoms with E-state index in [1.165, 1.54) is 0 Å². The Bertz CT molecular complexity index is 302. The molecule has 2 bridgehead atoms. The molecule has 0 aromatic carbocycles. The monoisotopic (exact) mass is 274 g/mol. The maximum atomic E-state index is 12.8. The van der Waals surface area contributed by atoms with Crippen molar-refractivity contribution in [3.8, 4) is 0 Å².